The van der Waals surface area contributed by atoms with Crippen molar-refractivity contribution in [2.24, 2.45) is 0 Å². The van der Waals surface area contributed by atoms with Gasteiger partial charge in [-0.2, -0.15) is 0 Å². The van der Waals surface area contributed by atoms with E-state index in [1.54, 1.807) is 0 Å². The van der Waals surface area contributed by atoms with Crippen molar-refractivity contribution in [2.45, 2.75) is 12.8 Å². The molecule has 0 radical (unpaired) electrons. The number of aromatic nitrogens is 1. The molecule has 1 aliphatic rings. The van der Waals surface area contributed by atoms with Crippen LogP contribution in [-0.2, 0) is 6.42 Å². The minimum Gasteiger partial charge on any atom is -0.460 e. The lowest BCUT2D eigenvalue weighted by Gasteiger charge is -2.29. The summed E-state index contributed by atoms with van der Waals surface area (Å²) < 4.78 is 9.01. The zero-order valence-corrected chi connectivity index (χ0v) is 27.9. The molecule has 1 aliphatic carbocycles. The van der Waals surface area contributed by atoms with Gasteiger partial charge in [0, 0.05) is 33.8 Å². The van der Waals surface area contributed by atoms with Crippen LogP contribution in [0.5, 0.6) is 0 Å². The van der Waals surface area contributed by atoms with E-state index < -0.39 is 0 Å². The summed E-state index contributed by atoms with van der Waals surface area (Å²) in [5.41, 5.74) is 8.98. The number of hydrogen-bond donors (Lipinski definition) is 0. The molecule has 0 amide bonds. The van der Waals surface area contributed by atoms with Gasteiger partial charge in [0.2, 0.25) is 0 Å². The van der Waals surface area contributed by atoms with Gasteiger partial charge in [0.15, 0.2) is 0 Å². The van der Waals surface area contributed by atoms with Gasteiger partial charge in [-0.25, -0.2) is 0 Å². The maximum absolute atomic E-state index is 6.61. The Hall–Kier alpha value is -6.58. The van der Waals surface area contributed by atoms with Crippen molar-refractivity contribution in [1.29, 1.82) is 0 Å². The second kappa shape index (κ2) is 11.0. The molecule has 0 unspecified atom stereocenters. The van der Waals surface area contributed by atoms with Crippen LogP contribution in [0, 0.1) is 0 Å². The molecule has 0 saturated heterocycles. The van der Waals surface area contributed by atoms with Crippen LogP contribution >= 0.6 is 0 Å². The average Bonchev–Trinajstić information content (AvgIpc) is 3.75. The fraction of sp³-hybridized carbons (Fsp3) is 0.0417. The molecule has 8 aromatic carbocycles. The minimum absolute atomic E-state index is 0.908. The first-order valence-electron chi connectivity index (χ1n) is 17.8. The number of hydrogen-bond acceptors (Lipinski definition) is 2. The summed E-state index contributed by atoms with van der Waals surface area (Å²) in [5.74, 6) is 1.06. The van der Waals surface area contributed by atoms with Gasteiger partial charge in [-0.1, -0.05) is 121 Å². The van der Waals surface area contributed by atoms with Gasteiger partial charge in [-0.05, 0) is 81.9 Å². The van der Waals surface area contributed by atoms with Gasteiger partial charge in [0.05, 0.1) is 33.5 Å². The van der Waals surface area contributed by atoms with Crippen LogP contribution in [0.15, 0.2) is 168 Å². The van der Waals surface area contributed by atoms with Crippen molar-refractivity contribution >= 4 is 88.2 Å². The highest BCUT2D eigenvalue weighted by molar-refractivity contribution is 6.24. The summed E-state index contributed by atoms with van der Waals surface area (Å²) in [4.78, 5) is 2.52. The topological polar surface area (TPSA) is 21.3 Å². The van der Waals surface area contributed by atoms with Gasteiger partial charge in [0.25, 0.3) is 0 Å². The largest absolute Gasteiger partial charge is 0.460 e. The number of allylic oxidation sites excluding steroid dienone is 1. The standard InChI is InChI=1S/C48H32N2O/c1-2-15-32(16-3-1)49-40-22-10-8-20-37(40)47-41(49)23-12-24-42(47)50(43-25-13-27-46-48(43)38-21-9-11-26-45(38)51-46)44-30-39-33-17-5-4-14-31(33)28-29-35(39)34-18-6-7-19-36(34)44/h1-10,12-25,27-30H,11,26H2. The molecular weight excluding hydrogens is 621 g/mol. The Morgan fingerprint density at radius 3 is 2.06 bits per heavy atom. The molecule has 3 heteroatoms. The Kier molecular flexibility index (Phi) is 6.08. The Labute approximate surface area is 294 Å². The Bertz CT molecular complexity index is 3040. The predicted molar refractivity (Wildman–Crippen MR) is 215 cm³/mol. The third-order valence-electron chi connectivity index (χ3n) is 10.8. The molecule has 2 aromatic heterocycles. The summed E-state index contributed by atoms with van der Waals surface area (Å²) in [5, 5.41) is 11.0. The Morgan fingerprint density at radius 2 is 1.18 bits per heavy atom. The number of benzene rings is 8. The summed E-state index contributed by atoms with van der Waals surface area (Å²) in [7, 11) is 0. The molecule has 11 rings (SSSR count). The lowest BCUT2D eigenvalue weighted by Crippen LogP contribution is -2.12. The van der Waals surface area contributed by atoms with Crippen molar-refractivity contribution in [1.82, 2.24) is 4.57 Å². The second-order valence-corrected chi connectivity index (χ2v) is 13.5. The zero-order chi connectivity index (χ0) is 33.5. The van der Waals surface area contributed by atoms with E-state index in [1.807, 2.05) is 0 Å². The van der Waals surface area contributed by atoms with Gasteiger partial charge in [-0.15, -0.1) is 0 Å². The van der Waals surface area contributed by atoms with Gasteiger partial charge < -0.3 is 13.9 Å². The quantitative estimate of drug-likeness (QED) is 0.176. The first-order chi connectivity index (χ1) is 25.3. The average molecular weight is 653 g/mol. The monoisotopic (exact) mass is 652 g/mol. The molecule has 10 aromatic rings. The molecule has 0 spiro atoms. The third kappa shape index (κ3) is 4.12. The number of para-hydroxylation sites is 2. The molecule has 0 fully saturated rings. The van der Waals surface area contributed by atoms with Gasteiger partial charge in [0.1, 0.15) is 11.3 Å². The molecule has 0 bridgehead atoms. The van der Waals surface area contributed by atoms with Crippen molar-refractivity contribution in [3.8, 4) is 5.69 Å². The van der Waals surface area contributed by atoms with Crippen LogP contribution in [0.2, 0.25) is 0 Å². The SMILES string of the molecule is C1=Cc2c(oc3cccc(N(c4cc5c6ccccc6ccc5c5ccccc45)c4cccc5c4c4ccccc4n5-c4ccccc4)c23)CC1. The minimum atomic E-state index is 0.908. The summed E-state index contributed by atoms with van der Waals surface area (Å²) in [6.45, 7) is 0. The molecule has 3 nitrogen and oxygen atoms in total. The normalized spacial score (nSPS) is 12.9. The Morgan fingerprint density at radius 1 is 0.490 bits per heavy atom. The second-order valence-electron chi connectivity index (χ2n) is 13.5. The van der Waals surface area contributed by atoms with Crippen LogP contribution in [0.1, 0.15) is 17.7 Å². The first kappa shape index (κ1) is 28.3. The number of aryl methyl sites for hydroxylation is 1. The van der Waals surface area contributed by atoms with Crippen molar-refractivity contribution in [3.05, 3.63) is 175 Å². The maximum Gasteiger partial charge on any atom is 0.137 e. The van der Waals surface area contributed by atoms with Crippen LogP contribution in [0.3, 0.4) is 0 Å². The highest BCUT2D eigenvalue weighted by atomic mass is 16.3. The highest BCUT2D eigenvalue weighted by Gasteiger charge is 2.27. The smallest absolute Gasteiger partial charge is 0.137 e. The first-order valence-corrected chi connectivity index (χ1v) is 17.8. The maximum atomic E-state index is 6.61. The van der Waals surface area contributed by atoms with E-state index in [1.165, 1.54) is 59.7 Å². The highest BCUT2D eigenvalue weighted by Crippen LogP contribution is 2.50. The number of furan rings is 1. The van der Waals surface area contributed by atoms with Crippen molar-refractivity contribution < 1.29 is 4.42 Å². The van der Waals surface area contributed by atoms with Crippen molar-refractivity contribution in [2.75, 3.05) is 4.90 Å². The number of nitrogens with zero attached hydrogens (tertiary/aromatic N) is 2. The molecule has 240 valence electrons. The van der Waals surface area contributed by atoms with E-state index in [0.29, 0.717) is 0 Å². The fourth-order valence-corrected chi connectivity index (χ4v) is 8.62. The molecule has 2 heterocycles. The van der Waals surface area contributed by atoms with E-state index in [0.717, 1.165) is 52.3 Å². The van der Waals surface area contributed by atoms with Gasteiger partial charge >= 0.3 is 0 Å². The van der Waals surface area contributed by atoms with Crippen LogP contribution in [0.4, 0.5) is 17.1 Å². The lowest BCUT2D eigenvalue weighted by atomic mass is 9.94. The van der Waals surface area contributed by atoms with Crippen LogP contribution in [0.25, 0.3) is 76.9 Å². The summed E-state index contributed by atoms with van der Waals surface area (Å²) >= 11 is 0. The summed E-state index contributed by atoms with van der Waals surface area (Å²) in [6, 6.07) is 57.5. The lowest BCUT2D eigenvalue weighted by molar-refractivity contribution is 0.546. The number of anilines is 3. The molecular formula is C48H32N2O. The molecule has 0 saturated carbocycles. The van der Waals surface area contributed by atoms with E-state index in [4.69, 9.17) is 4.42 Å². The predicted octanol–water partition coefficient (Wildman–Crippen LogP) is 13.4. The zero-order valence-electron chi connectivity index (χ0n) is 27.9. The number of fused-ring (bicyclic) bond motifs is 11. The fourth-order valence-electron chi connectivity index (χ4n) is 8.62. The van der Waals surface area contributed by atoms with Gasteiger partial charge in [-0.3, -0.25) is 0 Å². The van der Waals surface area contributed by atoms with Crippen LogP contribution in [-0.4, -0.2) is 4.57 Å². The molecule has 0 atom stereocenters. The van der Waals surface area contributed by atoms with E-state index in [9.17, 15) is 0 Å². The van der Waals surface area contributed by atoms with Crippen LogP contribution < -0.4 is 4.90 Å². The molecule has 0 N–H and O–H groups in total. The molecule has 0 aliphatic heterocycles. The third-order valence-corrected chi connectivity index (χ3v) is 10.8. The van der Waals surface area contributed by atoms with E-state index in [-0.39, 0.29) is 0 Å². The van der Waals surface area contributed by atoms with E-state index in [2.05, 4.69) is 179 Å². The Balaban J connectivity index is 1.33. The van der Waals surface area contributed by atoms with E-state index >= 15 is 0 Å². The van der Waals surface area contributed by atoms with Crippen molar-refractivity contribution in [3.63, 3.8) is 0 Å². The number of rotatable bonds is 4. The summed E-state index contributed by atoms with van der Waals surface area (Å²) in [6.07, 6.45) is 6.45. The molecule has 51 heavy (non-hydrogen) atoms.